The fraction of sp³-hybridized carbons (Fsp3) is 0.273. The number of carbonyl (C=O) groups excluding carboxylic acids is 1. The van der Waals surface area contributed by atoms with Gasteiger partial charge in [-0.05, 0) is 24.5 Å². The average Bonchev–Trinajstić information content (AvgIpc) is 2.83. The zero-order chi connectivity index (χ0) is 10.4. The molecule has 1 saturated heterocycles. The molecular weight excluding hydrogens is 208 g/mol. The first-order valence-electron chi connectivity index (χ1n) is 4.93. The zero-order valence-electron chi connectivity index (χ0n) is 8.30. The monoisotopic (exact) mass is 218 g/mol. The molecule has 2 heterocycles. The molecule has 1 aliphatic rings. The van der Waals surface area contributed by atoms with Gasteiger partial charge in [-0.3, -0.25) is 4.79 Å². The lowest BCUT2D eigenvalue weighted by Crippen LogP contribution is -2.13. The Balaban J connectivity index is 2.07. The maximum Gasteiger partial charge on any atom is 0.274 e. The van der Waals surface area contributed by atoms with Gasteiger partial charge in [0, 0.05) is 18.0 Å². The van der Waals surface area contributed by atoms with Gasteiger partial charge >= 0.3 is 0 Å². The Labute approximate surface area is 91.5 Å². The van der Waals surface area contributed by atoms with Crippen molar-refractivity contribution in [1.82, 2.24) is 9.27 Å². The lowest BCUT2D eigenvalue weighted by Gasteiger charge is -1.98. The van der Waals surface area contributed by atoms with Crippen molar-refractivity contribution in [2.24, 2.45) is 0 Å². The van der Waals surface area contributed by atoms with Gasteiger partial charge in [0.25, 0.3) is 5.91 Å². The molecule has 1 unspecified atom stereocenters. The number of amides is 1. The molecule has 1 fully saturated rings. The third-order valence-corrected chi connectivity index (χ3v) is 3.53. The van der Waals surface area contributed by atoms with Gasteiger partial charge in [-0.25, -0.2) is 0 Å². The highest BCUT2D eigenvalue weighted by molar-refractivity contribution is 7.13. The number of carbonyl (C=O) groups is 1. The maximum atomic E-state index is 12.0. The van der Waals surface area contributed by atoms with Gasteiger partial charge in [-0.2, -0.15) is 4.37 Å². The summed E-state index contributed by atoms with van der Waals surface area (Å²) in [5, 5.41) is 0.978. The van der Waals surface area contributed by atoms with Gasteiger partial charge < -0.3 is 4.90 Å². The highest BCUT2D eigenvalue weighted by Gasteiger charge is 2.36. The molecule has 1 amide bonds. The van der Waals surface area contributed by atoms with Crippen LogP contribution in [0.3, 0.4) is 0 Å². The molecule has 0 saturated carbocycles. The van der Waals surface area contributed by atoms with Crippen LogP contribution in [-0.4, -0.2) is 27.8 Å². The predicted octanol–water partition coefficient (Wildman–Crippen LogP) is 2.14. The topological polar surface area (TPSA) is 33.0 Å². The van der Waals surface area contributed by atoms with E-state index in [1.54, 1.807) is 0 Å². The molecule has 4 heteroatoms. The summed E-state index contributed by atoms with van der Waals surface area (Å²) in [4.78, 5) is 13.8. The van der Waals surface area contributed by atoms with Gasteiger partial charge in [-0.1, -0.05) is 18.2 Å². The molecule has 1 aromatic heterocycles. The second-order valence-corrected chi connectivity index (χ2v) is 4.64. The Morgan fingerprint density at radius 1 is 1.53 bits per heavy atom. The molecular formula is C11H10N2OS. The van der Waals surface area contributed by atoms with Crippen LogP contribution in [0.5, 0.6) is 0 Å². The number of fused-ring (bicyclic) bond motifs is 1. The van der Waals surface area contributed by atoms with Crippen LogP contribution >= 0.6 is 11.5 Å². The molecule has 0 N–H and O–H groups in total. The molecule has 15 heavy (non-hydrogen) atoms. The summed E-state index contributed by atoms with van der Waals surface area (Å²) >= 11 is 1.39. The van der Waals surface area contributed by atoms with Crippen LogP contribution in [0.15, 0.2) is 24.3 Å². The van der Waals surface area contributed by atoms with Crippen LogP contribution in [0.2, 0.25) is 0 Å². The second-order valence-electron chi connectivity index (χ2n) is 3.83. The Bertz CT molecular complexity index is 534. The fourth-order valence-electron chi connectivity index (χ4n) is 1.70. The number of hydrogen-bond donors (Lipinski definition) is 0. The molecule has 0 radical (unpaired) electrons. The Morgan fingerprint density at radius 2 is 2.27 bits per heavy atom. The van der Waals surface area contributed by atoms with Gasteiger partial charge in [0.2, 0.25) is 0 Å². The summed E-state index contributed by atoms with van der Waals surface area (Å²) in [6.45, 7) is 2.91. The van der Waals surface area contributed by atoms with E-state index in [9.17, 15) is 4.79 Å². The van der Waals surface area contributed by atoms with Crippen molar-refractivity contribution in [1.29, 1.82) is 0 Å². The van der Waals surface area contributed by atoms with Crippen LogP contribution in [0.4, 0.5) is 0 Å². The van der Waals surface area contributed by atoms with E-state index in [1.165, 1.54) is 11.5 Å². The van der Waals surface area contributed by atoms with Crippen LogP contribution in [-0.2, 0) is 0 Å². The fourth-order valence-corrected chi connectivity index (χ4v) is 2.47. The SMILES string of the molecule is CC1CN1C(=O)c1nsc2ccccc12. The van der Waals surface area contributed by atoms with Crippen molar-refractivity contribution in [3.05, 3.63) is 30.0 Å². The first kappa shape index (κ1) is 8.85. The summed E-state index contributed by atoms with van der Waals surface area (Å²) in [5.41, 5.74) is 0.611. The number of aromatic nitrogens is 1. The molecule has 1 atom stereocenters. The van der Waals surface area contributed by atoms with Crippen LogP contribution in [0.25, 0.3) is 10.1 Å². The average molecular weight is 218 g/mol. The summed E-state index contributed by atoms with van der Waals surface area (Å²) in [6.07, 6.45) is 0. The van der Waals surface area contributed by atoms with E-state index in [4.69, 9.17) is 0 Å². The van der Waals surface area contributed by atoms with Gasteiger partial charge in [-0.15, -0.1) is 0 Å². The van der Waals surface area contributed by atoms with Crippen LogP contribution in [0, 0.1) is 0 Å². The molecule has 3 nitrogen and oxygen atoms in total. The molecule has 0 spiro atoms. The largest absolute Gasteiger partial charge is 0.331 e. The van der Waals surface area contributed by atoms with Crippen molar-refractivity contribution in [2.75, 3.05) is 6.54 Å². The van der Waals surface area contributed by atoms with Crippen LogP contribution < -0.4 is 0 Å². The van der Waals surface area contributed by atoms with Crippen molar-refractivity contribution in [3.8, 4) is 0 Å². The quantitative estimate of drug-likeness (QED) is 0.687. The van der Waals surface area contributed by atoms with Crippen LogP contribution in [0.1, 0.15) is 17.4 Å². The number of rotatable bonds is 1. The number of hydrogen-bond acceptors (Lipinski definition) is 3. The zero-order valence-corrected chi connectivity index (χ0v) is 9.12. The molecule has 1 aliphatic heterocycles. The lowest BCUT2D eigenvalue weighted by molar-refractivity contribution is 0.0874. The van der Waals surface area contributed by atoms with Crippen molar-refractivity contribution in [3.63, 3.8) is 0 Å². The summed E-state index contributed by atoms with van der Waals surface area (Å²) in [6, 6.07) is 8.25. The van der Waals surface area contributed by atoms with Gasteiger partial charge in [0.15, 0.2) is 0 Å². The third kappa shape index (κ3) is 1.33. The highest BCUT2D eigenvalue weighted by atomic mass is 32.1. The van der Waals surface area contributed by atoms with E-state index < -0.39 is 0 Å². The minimum Gasteiger partial charge on any atom is -0.331 e. The Hall–Kier alpha value is -1.42. The first-order valence-corrected chi connectivity index (χ1v) is 5.70. The number of benzene rings is 1. The Kier molecular flexibility index (Phi) is 1.79. The maximum absolute atomic E-state index is 12.0. The van der Waals surface area contributed by atoms with E-state index in [0.717, 1.165) is 16.6 Å². The van der Waals surface area contributed by atoms with Gasteiger partial charge in [0.1, 0.15) is 5.69 Å². The molecule has 0 bridgehead atoms. The third-order valence-electron chi connectivity index (χ3n) is 2.70. The molecule has 76 valence electrons. The van der Waals surface area contributed by atoms with Gasteiger partial charge in [0.05, 0.1) is 4.70 Å². The highest BCUT2D eigenvalue weighted by Crippen LogP contribution is 2.27. The molecule has 2 aromatic rings. The molecule has 0 aliphatic carbocycles. The van der Waals surface area contributed by atoms with Crippen molar-refractivity contribution < 1.29 is 4.79 Å². The normalized spacial score (nSPS) is 19.5. The minimum absolute atomic E-state index is 0.0694. The van der Waals surface area contributed by atoms with E-state index >= 15 is 0 Å². The lowest BCUT2D eigenvalue weighted by atomic mass is 10.2. The summed E-state index contributed by atoms with van der Waals surface area (Å²) < 4.78 is 5.32. The first-order chi connectivity index (χ1) is 7.27. The molecule has 3 rings (SSSR count). The Morgan fingerprint density at radius 3 is 3.00 bits per heavy atom. The van der Waals surface area contributed by atoms with E-state index in [0.29, 0.717) is 11.7 Å². The molecule has 1 aromatic carbocycles. The number of nitrogens with zero attached hydrogens (tertiary/aromatic N) is 2. The van der Waals surface area contributed by atoms with E-state index in [1.807, 2.05) is 36.1 Å². The standard InChI is InChI=1S/C11H10N2OS/c1-7-6-13(7)11(14)10-8-4-2-3-5-9(8)15-12-10/h2-5,7H,6H2,1H3. The smallest absolute Gasteiger partial charge is 0.274 e. The second kappa shape index (κ2) is 3.03. The van der Waals surface area contributed by atoms with Crippen molar-refractivity contribution in [2.45, 2.75) is 13.0 Å². The summed E-state index contributed by atoms with van der Waals surface area (Å²) in [7, 11) is 0. The minimum atomic E-state index is 0.0694. The van der Waals surface area contributed by atoms with E-state index in [-0.39, 0.29) is 5.91 Å². The van der Waals surface area contributed by atoms with E-state index in [2.05, 4.69) is 4.37 Å². The summed E-state index contributed by atoms with van der Waals surface area (Å²) in [5.74, 6) is 0.0694. The predicted molar refractivity (Wildman–Crippen MR) is 60.1 cm³/mol. The van der Waals surface area contributed by atoms with Crippen molar-refractivity contribution >= 4 is 27.5 Å².